The van der Waals surface area contributed by atoms with Crippen molar-refractivity contribution in [3.63, 3.8) is 0 Å². The average Bonchev–Trinajstić information content (AvgIpc) is 2.75. The van der Waals surface area contributed by atoms with Gasteiger partial charge in [0.2, 0.25) is 0 Å². The molecule has 0 unspecified atom stereocenters. The van der Waals surface area contributed by atoms with Crippen LogP contribution in [0.4, 0.5) is 0 Å². The Kier molecular flexibility index (Phi) is 9.63. The van der Waals surface area contributed by atoms with E-state index >= 15 is 0 Å². The summed E-state index contributed by atoms with van der Waals surface area (Å²) >= 11 is 2.06. The normalized spacial score (nSPS) is 11.0. The van der Waals surface area contributed by atoms with Crippen LogP contribution in [0.25, 0.3) is 0 Å². The van der Waals surface area contributed by atoms with Crippen LogP contribution in [0, 0.1) is 0 Å². The smallest absolute Gasteiger partial charge is 0.0906 e. The van der Waals surface area contributed by atoms with E-state index in [4.69, 9.17) is 5.73 Å². The van der Waals surface area contributed by atoms with E-state index in [1.54, 1.807) is 0 Å². The summed E-state index contributed by atoms with van der Waals surface area (Å²) in [6.07, 6.45) is 4.83. The van der Waals surface area contributed by atoms with Crippen LogP contribution in [0.1, 0.15) is 42.4 Å². The van der Waals surface area contributed by atoms with Gasteiger partial charge in [-0.3, -0.25) is 0 Å². The average molecular weight is 412 g/mol. The van der Waals surface area contributed by atoms with Gasteiger partial charge in [0.15, 0.2) is 0 Å². The van der Waals surface area contributed by atoms with Crippen molar-refractivity contribution in [2.45, 2.75) is 30.4 Å². The van der Waals surface area contributed by atoms with Crippen LogP contribution < -0.4 is 5.73 Å². The third kappa shape index (κ3) is 5.41. The van der Waals surface area contributed by atoms with E-state index in [2.05, 4.69) is 103 Å². The van der Waals surface area contributed by atoms with Crippen LogP contribution in [0.15, 0.2) is 91.0 Å². The van der Waals surface area contributed by atoms with Gasteiger partial charge in [-0.1, -0.05) is 104 Å². The monoisotopic (exact) mass is 411 g/mol. The molecule has 0 spiro atoms. The summed E-state index contributed by atoms with van der Waals surface area (Å²) in [6, 6.07) is 32.8. The lowest BCUT2D eigenvalue weighted by Crippen LogP contribution is -2.26. The van der Waals surface area contributed by atoms with E-state index in [1.807, 2.05) is 0 Å². The molecule has 0 aliphatic heterocycles. The SMILES string of the molecule is Cl.NCCCCCCSC(c1ccccc1)(c1ccccc1)c1ccccc1. The number of hydrogen-bond acceptors (Lipinski definition) is 2. The molecule has 2 N–H and O–H groups in total. The van der Waals surface area contributed by atoms with Crippen LogP contribution in [0.2, 0.25) is 0 Å². The zero-order chi connectivity index (χ0) is 18.8. The molecule has 148 valence electrons. The predicted molar refractivity (Wildman–Crippen MR) is 126 cm³/mol. The molecule has 3 aromatic carbocycles. The van der Waals surface area contributed by atoms with Crippen LogP contribution in [-0.2, 0) is 4.75 Å². The van der Waals surface area contributed by atoms with Gasteiger partial charge in [0, 0.05) is 0 Å². The number of rotatable bonds is 10. The van der Waals surface area contributed by atoms with Crippen LogP contribution in [0.3, 0.4) is 0 Å². The Bertz CT molecular complexity index is 681. The summed E-state index contributed by atoms with van der Waals surface area (Å²) in [7, 11) is 0. The lowest BCUT2D eigenvalue weighted by molar-refractivity contribution is 0.677. The summed E-state index contributed by atoms with van der Waals surface area (Å²) in [5, 5.41) is 0. The minimum absolute atomic E-state index is 0. The highest BCUT2D eigenvalue weighted by atomic mass is 35.5. The van der Waals surface area contributed by atoms with E-state index < -0.39 is 0 Å². The van der Waals surface area contributed by atoms with Crippen molar-refractivity contribution in [1.29, 1.82) is 0 Å². The number of nitrogens with two attached hydrogens (primary N) is 1. The Morgan fingerprint density at radius 3 is 1.36 bits per heavy atom. The van der Waals surface area contributed by atoms with Crippen molar-refractivity contribution in [3.05, 3.63) is 108 Å². The highest BCUT2D eigenvalue weighted by molar-refractivity contribution is 8.00. The summed E-state index contributed by atoms with van der Waals surface area (Å²) < 4.78 is -0.183. The first-order valence-corrected chi connectivity index (χ1v) is 10.9. The first-order valence-electron chi connectivity index (χ1n) is 9.88. The maximum Gasteiger partial charge on any atom is 0.0906 e. The lowest BCUT2D eigenvalue weighted by Gasteiger charge is -2.35. The molecule has 0 radical (unpaired) electrons. The summed E-state index contributed by atoms with van der Waals surface area (Å²) in [5.41, 5.74) is 9.66. The van der Waals surface area contributed by atoms with Crippen molar-refractivity contribution in [2.75, 3.05) is 12.3 Å². The van der Waals surface area contributed by atoms with E-state index in [0.717, 1.165) is 18.7 Å². The second-order valence-corrected chi connectivity index (χ2v) is 8.14. The highest BCUT2D eigenvalue weighted by Gasteiger charge is 2.36. The molecular formula is C25H30ClNS. The highest BCUT2D eigenvalue weighted by Crippen LogP contribution is 2.48. The molecule has 3 heteroatoms. The topological polar surface area (TPSA) is 26.0 Å². The fourth-order valence-corrected chi connectivity index (χ4v) is 5.16. The molecule has 0 bridgehead atoms. The van der Waals surface area contributed by atoms with Crippen molar-refractivity contribution in [3.8, 4) is 0 Å². The molecule has 0 saturated heterocycles. The maximum atomic E-state index is 5.64. The quantitative estimate of drug-likeness (QED) is 0.298. The summed E-state index contributed by atoms with van der Waals surface area (Å²) in [4.78, 5) is 0. The van der Waals surface area contributed by atoms with E-state index in [0.29, 0.717) is 0 Å². The van der Waals surface area contributed by atoms with Crippen molar-refractivity contribution in [2.24, 2.45) is 5.73 Å². The first kappa shape index (κ1) is 22.5. The molecule has 3 aromatic rings. The Morgan fingerprint density at radius 1 is 0.571 bits per heavy atom. The number of unbranched alkanes of at least 4 members (excludes halogenated alkanes) is 3. The zero-order valence-corrected chi connectivity index (χ0v) is 17.9. The molecule has 0 fully saturated rings. The van der Waals surface area contributed by atoms with Crippen molar-refractivity contribution in [1.82, 2.24) is 0 Å². The van der Waals surface area contributed by atoms with Gasteiger partial charge in [0.25, 0.3) is 0 Å². The Balaban J connectivity index is 0.00000280. The molecule has 0 heterocycles. The summed E-state index contributed by atoms with van der Waals surface area (Å²) in [5.74, 6) is 1.13. The van der Waals surface area contributed by atoms with Gasteiger partial charge in [-0.15, -0.1) is 24.2 Å². The Labute approximate surface area is 180 Å². The molecule has 28 heavy (non-hydrogen) atoms. The van der Waals surface area contributed by atoms with E-state index in [1.165, 1.54) is 36.0 Å². The maximum absolute atomic E-state index is 5.64. The van der Waals surface area contributed by atoms with Gasteiger partial charge in [0.1, 0.15) is 0 Å². The van der Waals surface area contributed by atoms with Gasteiger partial charge < -0.3 is 5.73 Å². The zero-order valence-electron chi connectivity index (χ0n) is 16.3. The Morgan fingerprint density at radius 2 is 0.964 bits per heavy atom. The molecule has 0 aliphatic carbocycles. The largest absolute Gasteiger partial charge is 0.330 e. The minimum atomic E-state index is -0.183. The van der Waals surface area contributed by atoms with Crippen LogP contribution in [-0.4, -0.2) is 12.3 Å². The molecule has 0 amide bonds. The van der Waals surface area contributed by atoms with Crippen molar-refractivity contribution >= 4 is 24.2 Å². The minimum Gasteiger partial charge on any atom is -0.330 e. The van der Waals surface area contributed by atoms with Crippen molar-refractivity contribution < 1.29 is 0 Å². The standard InChI is InChI=1S/C25H29NS.ClH/c26-20-12-1-2-13-21-27-25(22-14-6-3-7-15-22,23-16-8-4-9-17-23)24-18-10-5-11-19-24;/h3-11,14-19H,1-2,12-13,20-21,26H2;1H. The molecule has 0 aromatic heterocycles. The molecule has 0 saturated carbocycles. The first-order chi connectivity index (χ1) is 13.4. The van der Waals surface area contributed by atoms with Gasteiger partial charge in [-0.05, 0) is 41.8 Å². The Hall–Kier alpha value is -1.74. The fraction of sp³-hybridized carbons (Fsp3) is 0.280. The van der Waals surface area contributed by atoms with E-state index in [-0.39, 0.29) is 17.2 Å². The molecule has 0 aliphatic rings. The predicted octanol–water partition coefficient (Wildman–Crippen LogP) is 6.65. The van der Waals surface area contributed by atoms with Gasteiger partial charge in [-0.25, -0.2) is 0 Å². The molecular weight excluding hydrogens is 382 g/mol. The third-order valence-electron chi connectivity index (χ3n) is 4.96. The van der Waals surface area contributed by atoms with Gasteiger partial charge >= 0.3 is 0 Å². The number of halogens is 1. The second-order valence-electron chi connectivity index (χ2n) is 6.83. The van der Waals surface area contributed by atoms with Crippen LogP contribution >= 0.6 is 24.2 Å². The second kappa shape index (κ2) is 12.0. The van der Waals surface area contributed by atoms with Gasteiger partial charge in [0.05, 0.1) is 4.75 Å². The fourth-order valence-electron chi connectivity index (χ4n) is 3.59. The third-order valence-corrected chi connectivity index (χ3v) is 6.59. The number of thioether (sulfide) groups is 1. The van der Waals surface area contributed by atoms with E-state index in [9.17, 15) is 0 Å². The van der Waals surface area contributed by atoms with Gasteiger partial charge in [-0.2, -0.15) is 0 Å². The lowest BCUT2D eigenvalue weighted by atomic mass is 9.84. The number of hydrogen-bond donors (Lipinski definition) is 1. The summed E-state index contributed by atoms with van der Waals surface area (Å²) in [6.45, 7) is 0.801. The molecule has 1 nitrogen and oxygen atoms in total. The molecule has 3 rings (SSSR count). The number of benzene rings is 3. The molecule has 0 atom stereocenters. The van der Waals surface area contributed by atoms with Crippen LogP contribution in [0.5, 0.6) is 0 Å².